The highest BCUT2D eigenvalue weighted by Gasteiger charge is 2.33. The minimum absolute atomic E-state index is 0.124. The first-order valence-electron chi connectivity index (χ1n) is 13.2. The van der Waals surface area contributed by atoms with Crippen molar-refractivity contribution in [1.82, 2.24) is 14.7 Å². The minimum atomic E-state index is 0.124. The molecule has 0 atom stereocenters. The van der Waals surface area contributed by atoms with E-state index in [2.05, 4.69) is 16.7 Å². The van der Waals surface area contributed by atoms with Crippen LogP contribution in [0.5, 0.6) is 5.75 Å². The first-order chi connectivity index (χ1) is 16.2. The maximum absolute atomic E-state index is 13.0. The van der Waals surface area contributed by atoms with E-state index in [0.717, 1.165) is 95.7 Å². The maximum Gasteiger partial charge on any atom is 0.253 e. The van der Waals surface area contributed by atoms with Gasteiger partial charge in [0, 0.05) is 43.7 Å². The third-order valence-electron chi connectivity index (χ3n) is 7.68. The smallest absolute Gasteiger partial charge is 0.253 e. The zero-order valence-corrected chi connectivity index (χ0v) is 20.3. The summed E-state index contributed by atoms with van der Waals surface area (Å²) in [5, 5.41) is 0. The van der Waals surface area contributed by atoms with Crippen LogP contribution in [0.3, 0.4) is 0 Å². The van der Waals surface area contributed by atoms with E-state index in [0.29, 0.717) is 11.9 Å². The highest BCUT2D eigenvalue weighted by atomic mass is 16.5. The monoisotopic (exact) mass is 455 g/mol. The maximum atomic E-state index is 13.0. The van der Waals surface area contributed by atoms with E-state index in [1.54, 1.807) is 0 Å². The Balaban J connectivity index is 1.20. The first-order valence-corrected chi connectivity index (χ1v) is 13.2. The Morgan fingerprint density at radius 1 is 0.848 bits per heavy atom. The molecule has 33 heavy (non-hydrogen) atoms. The van der Waals surface area contributed by atoms with Gasteiger partial charge in [0.15, 0.2) is 0 Å². The van der Waals surface area contributed by atoms with Gasteiger partial charge in [0.1, 0.15) is 5.75 Å². The van der Waals surface area contributed by atoms with Crippen LogP contribution in [0.2, 0.25) is 0 Å². The lowest BCUT2D eigenvalue weighted by atomic mass is 9.91. The summed E-state index contributed by atoms with van der Waals surface area (Å²) in [6.07, 6.45) is 9.77. The second-order valence-electron chi connectivity index (χ2n) is 9.95. The molecular weight excluding hydrogens is 414 g/mol. The molecule has 3 fully saturated rings. The Labute approximate surface area is 199 Å². The summed E-state index contributed by atoms with van der Waals surface area (Å²) >= 11 is 0. The number of nitrogens with zero attached hydrogens (tertiary/aromatic N) is 3. The van der Waals surface area contributed by atoms with Gasteiger partial charge in [-0.3, -0.25) is 9.59 Å². The summed E-state index contributed by atoms with van der Waals surface area (Å²) in [6, 6.07) is 8.13. The van der Waals surface area contributed by atoms with Crippen LogP contribution in [0.4, 0.5) is 0 Å². The molecule has 0 bridgehead atoms. The van der Waals surface area contributed by atoms with Gasteiger partial charge in [-0.25, -0.2) is 0 Å². The lowest BCUT2D eigenvalue weighted by Crippen LogP contribution is -2.50. The molecule has 0 radical (unpaired) electrons. The van der Waals surface area contributed by atoms with Gasteiger partial charge in [0.2, 0.25) is 5.91 Å². The molecule has 0 unspecified atom stereocenters. The normalized spacial score (nSPS) is 21.2. The molecule has 3 heterocycles. The van der Waals surface area contributed by atoms with E-state index < -0.39 is 0 Å². The number of piperidine rings is 3. The van der Waals surface area contributed by atoms with Gasteiger partial charge >= 0.3 is 0 Å². The predicted molar refractivity (Wildman–Crippen MR) is 130 cm³/mol. The average Bonchev–Trinajstić information content (AvgIpc) is 2.89. The van der Waals surface area contributed by atoms with Crippen molar-refractivity contribution < 1.29 is 14.3 Å². The Hall–Kier alpha value is -2.08. The number of ether oxygens (including phenoxy) is 1. The molecule has 182 valence electrons. The van der Waals surface area contributed by atoms with Gasteiger partial charge in [-0.2, -0.15) is 0 Å². The Morgan fingerprint density at radius 2 is 1.52 bits per heavy atom. The molecule has 0 aliphatic carbocycles. The van der Waals surface area contributed by atoms with Crippen molar-refractivity contribution in [2.45, 2.75) is 70.8 Å². The van der Waals surface area contributed by atoms with Crippen LogP contribution in [0, 0.1) is 5.92 Å². The van der Waals surface area contributed by atoms with Gasteiger partial charge in [-0.1, -0.05) is 13.3 Å². The zero-order valence-electron chi connectivity index (χ0n) is 20.3. The number of amides is 2. The topological polar surface area (TPSA) is 53.1 Å². The van der Waals surface area contributed by atoms with Crippen molar-refractivity contribution in [2.24, 2.45) is 5.92 Å². The number of benzene rings is 1. The summed E-state index contributed by atoms with van der Waals surface area (Å²) < 4.78 is 5.71. The highest BCUT2D eigenvalue weighted by molar-refractivity contribution is 5.94. The fraction of sp³-hybridized carbons (Fsp3) is 0.704. The molecule has 2 amide bonds. The van der Waals surface area contributed by atoms with Crippen molar-refractivity contribution in [1.29, 1.82) is 0 Å². The molecule has 0 saturated carbocycles. The van der Waals surface area contributed by atoms with Gasteiger partial charge in [0.25, 0.3) is 5.91 Å². The van der Waals surface area contributed by atoms with Gasteiger partial charge in [0.05, 0.1) is 6.61 Å². The van der Waals surface area contributed by atoms with Crippen LogP contribution in [0.1, 0.15) is 75.1 Å². The third kappa shape index (κ3) is 6.28. The lowest BCUT2D eigenvalue weighted by molar-refractivity contribution is -0.138. The number of hydrogen-bond donors (Lipinski definition) is 0. The van der Waals surface area contributed by atoms with Crippen LogP contribution in [0.15, 0.2) is 24.3 Å². The summed E-state index contributed by atoms with van der Waals surface area (Å²) in [7, 11) is 0. The summed E-state index contributed by atoms with van der Waals surface area (Å²) in [5.41, 5.74) is 0.744. The second-order valence-corrected chi connectivity index (χ2v) is 9.95. The molecular formula is C27H41N3O3. The van der Waals surface area contributed by atoms with Crippen LogP contribution in [-0.4, -0.2) is 78.4 Å². The number of carbonyl (C=O) groups excluding carboxylic acids is 2. The molecule has 0 aromatic heterocycles. The largest absolute Gasteiger partial charge is 0.494 e. The van der Waals surface area contributed by atoms with E-state index in [-0.39, 0.29) is 11.8 Å². The van der Waals surface area contributed by atoms with Crippen LogP contribution in [0.25, 0.3) is 0 Å². The number of carbonyl (C=O) groups is 2. The Kier molecular flexibility index (Phi) is 8.65. The average molecular weight is 456 g/mol. The fourth-order valence-corrected chi connectivity index (χ4v) is 5.53. The van der Waals surface area contributed by atoms with Crippen LogP contribution >= 0.6 is 0 Å². The van der Waals surface area contributed by atoms with E-state index in [1.165, 1.54) is 19.3 Å². The van der Waals surface area contributed by atoms with Crippen molar-refractivity contribution in [3.8, 4) is 5.75 Å². The third-order valence-corrected chi connectivity index (χ3v) is 7.68. The number of rotatable bonds is 7. The fourth-order valence-electron chi connectivity index (χ4n) is 5.53. The Morgan fingerprint density at radius 3 is 2.15 bits per heavy atom. The number of hydrogen-bond acceptors (Lipinski definition) is 4. The number of unbranched alkanes of at least 4 members (excludes halogenated alkanes) is 1. The number of likely N-dealkylation sites (tertiary alicyclic amines) is 3. The lowest BCUT2D eigenvalue weighted by Gasteiger charge is -2.42. The van der Waals surface area contributed by atoms with E-state index in [4.69, 9.17) is 4.74 Å². The molecule has 6 nitrogen and oxygen atoms in total. The van der Waals surface area contributed by atoms with Crippen LogP contribution in [-0.2, 0) is 4.79 Å². The second kappa shape index (κ2) is 11.9. The molecule has 0 N–H and O–H groups in total. The summed E-state index contributed by atoms with van der Waals surface area (Å²) in [4.78, 5) is 32.5. The summed E-state index contributed by atoms with van der Waals surface area (Å²) in [6.45, 7) is 8.44. The van der Waals surface area contributed by atoms with Crippen molar-refractivity contribution in [2.75, 3.05) is 45.9 Å². The van der Waals surface area contributed by atoms with E-state index >= 15 is 0 Å². The van der Waals surface area contributed by atoms with Crippen molar-refractivity contribution in [3.63, 3.8) is 0 Å². The standard InChI is InChI=1S/C27H41N3O3/c1-2-3-21-33-25-9-7-22(8-10-25)26(31)30-19-13-24(14-20-30)28-17-11-23(12-18-28)27(32)29-15-5-4-6-16-29/h7-10,23-24H,2-6,11-21H2,1H3. The quantitative estimate of drug-likeness (QED) is 0.579. The predicted octanol–water partition coefficient (Wildman–Crippen LogP) is 4.19. The van der Waals surface area contributed by atoms with Crippen molar-refractivity contribution >= 4 is 11.8 Å². The molecule has 1 aromatic rings. The van der Waals surface area contributed by atoms with Crippen LogP contribution < -0.4 is 4.74 Å². The van der Waals surface area contributed by atoms with E-state index in [9.17, 15) is 9.59 Å². The molecule has 1 aromatic carbocycles. The van der Waals surface area contributed by atoms with E-state index in [1.807, 2.05) is 29.2 Å². The molecule has 3 aliphatic heterocycles. The minimum Gasteiger partial charge on any atom is -0.494 e. The molecule has 3 aliphatic rings. The SMILES string of the molecule is CCCCOc1ccc(C(=O)N2CCC(N3CCC(C(=O)N4CCCCC4)CC3)CC2)cc1. The van der Waals surface area contributed by atoms with Gasteiger partial charge in [-0.15, -0.1) is 0 Å². The molecule has 4 rings (SSSR count). The van der Waals surface area contributed by atoms with Gasteiger partial charge < -0.3 is 19.4 Å². The highest BCUT2D eigenvalue weighted by Crippen LogP contribution is 2.27. The molecule has 6 heteroatoms. The Bertz CT molecular complexity index is 759. The molecule has 3 saturated heterocycles. The van der Waals surface area contributed by atoms with Gasteiger partial charge in [-0.05, 0) is 88.7 Å². The van der Waals surface area contributed by atoms with Crippen molar-refractivity contribution in [3.05, 3.63) is 29.8 Å². The first kappa shape index (κ1) is 24.1. The molecule has 0 spiro atoms. The zero-order chi connectivity index (χ0) is 23.0. The summed E-state index contributed by atoms with van der Waals surface area (Å²) in [5.74, 6) is 1.58.